The van der Waals surface area contributed by atoms with Gasteiger partial charge in [-0.25, -0.2) is 4.98 Å². The zero-order valence-corrected chi connectivity index (χ0v) is 12.7. The molecule has 1 aromatic heterocycles. The minimum absolute atomic E-state index is 0.0925. The highest BCUT2D eigenvalue weighted by molar-refractivity contribution is 7.09. The molecule has 3 heterocycles. The van der Waals surface area contributed by atoms with Crippen LogP contribution in [0.2, 0.25) is 0 Å². The highest BCUT2D eigenvalue weighted by atomic mass is 32.1. The van der Waals surface area contributed by atoms with Crippen LogP contribution in [0.1, 0.15) is 50.7 Å². The van der Waals surface area contributed by atoms with Crippen molar-refractivity contribution in [1.29, 1.82) is 0 Å². The molecule has 4 heteroatoms. The number of hydrogen-bond donors (Lipinski definition) is 1. The Morgan fingerprint density at radius 1 is 1.47 bits per heavy atom. The average molecular weight is 281 g/mol. The first-order chi connectivity index (χ1) is 8.93. The van der Waals surface area contributed by atoms with Crippen LogP contribution in [0, 0.1) is 5.92 Å². The zero-order valence-electron chi connectivity index (χ0n) is 11.9. The molecule has 3 nitrogen and oxygen atoms in total. The Hall–Kier alpha value is -0.450. The molecule has 2 bridgehead atoms. The van der Waals surface area contributed by atoms with Gasteiger partial charge in [0.1, 0.15) is 0 Å². The smallest absolute Gasteiger partial charge is 0.0954 e. The minimum Gasteiger partial charge on any atom is -0.392 e. The first-order valence-electron chi connectivity index (χ1n) is 7.22. The SMILES string of the molecule is CC(C)(C)c1csc(CC(O)C2CC3CCC2O3)n1. The summed E-state index contributed by atoms with van der Waals surface area (Å²) in [6.45, 7) is 6.52. The largest absolute Gasteiger partial charge is 0.392 e. The number of thiazole rings is 1. The zero-order chi connectivity index (χ0) is 13.6. The van der Waals surface area contributed by atoms with Crippen LogP contribution < -0.4 is 0 Å². The molecule has 0 aromatic carbocycles. The van der Waals surface area contributed by atoms with E-state index in [9.17, 15) is 5.11 Å². The topological polar surface area (TPSA) is 42.4 Å². The molecule has 0 spiro atoms. The molecule has 0 saturated carbocycles. The molecule has 2 aliphatic rings. The quantitative estimate of drug-likeness (QED) is 0.926. The fourth-order valence-electron chi connectivity index (χ4n) is 3.16. The lowest BCUT2D eigenvalue weighted by atomic mass is 9.84. The number of ether oxygens (including phenoxy) is 1. The standard InChI is InChI=1S/C15H23NO2S/c1-15(2,3)13-8-19-14(16-13)7-11(17)10-6-9-4-5-12(10)18-9/h8-12,17H,4-7H2,1-3H3. The van der Waals surface area contributed by atoms with Gasteiger partial charge in [0.25, 0.3) is 0 Å². The van der Waals surface area contributed by atoms with Gasteiger partial charge in [0.15, 0.2) is 0 Å². The first-order valence-corrected chi connectivity index (χ1v) is 8.10. The summed E-state index contributed by atoms with van der Waals surface area (Å²) in [6, 6.07) is 0. The van der Waals surface area contributed by atoms with Crippen LogP contribution in [0.3, 0.4) is 0 Å². The number of nitrogens with zero attached hydrogens (tertiary/aromatic N) is 1. The summed E-state index contributed by atoms with van der Waals surface area (Å²) in [4.78, 5) is 4.67. The van der Waals surface area contributed by atoms with E-state index in [-0.39, 0.29) is 11.5 Å². The average Bonchev–Trinajstić information content (AvgIpc) is 3.02. The van der Waals surface area contributed by atoms with Crippen molar-refractivity contribution in [3.05, 3.63) is 16.1 Å². The fourth-order valence-corrected chi connectivity index (χ4v) is 4.23. The number of aliphatic hydroxyl groups excluding tert-OH is 1. The molecule has 0 radical (unpaired) electrons. The maximum absolute atomic E-state index is 10.4. The highest BCUT2D eigenvalue weighted by Gasteiger charge is 2.44. The summed E-state index contributed by atoms with van der Waals surface area (Å²) in [5.74, 6) is 0.320. The molecule has 3 rings (SSSR count). The van der Waals surface area contributed by atoms with Crippen molar-refractivity contribution >= 4 is 11.3 Å². The summed E-state index contributed by atoms with van der Waals surface area (Å²) in [7, 11) is 0. The van der Waals surface area contributed by atoms with E-state index in [1.807, 2.05) is 0 Å². The number of aromatic nitrogens is 1. The van der Waals surface area contributed by atoms with Gasteiger partial charge in [0.05, 0.1) is 29.0 Å². The van der Waals surface area contributed by atoms with E-state index in [2.05, 4.69) is 31.1 Å². The Morgan fingerprint density at radius 2 is 2.26 bits per heavy atom. The highest BCUT2D eigenvalue weighted by Crippen LogP contribution is 2.41. The van der Waals surface area contributed by atoms with Gasteiger partial charge < -0.3 is 9.84 Å². The van der Waals surface area contributed by atoms with Crippen molar-refractivity contribution in [1.82, 2.24) is 4.98 Å². The summed E-state index contributed by atoms with van der Waals surface area (Å²) in [6.07, 6.45) is 4.42. The van der Waals surface area contributed by atoms with E-state index in [0.29, 0.717) is 24.5 Å². The van der Waals surface area contributed by atoms with E-state index in [1.165, 1.54) is 6.42 Å². The Morgan fingerprint density at radius 3 is 2.79 bits per heavy atom. The van der Waals surface area contributed by atoms with Crippen molar-refractivity contribution in [2.45, 2.75) is 70.2 Å². The van der Waals surface area contributed by atoms with Gasteiger partial charge in [-0.2, -0.15) is 0 Å². The molecule has 4 unspecified atom stereocenters. The molecule has 0 amide bonds. The Bertz CT molecular complexity index is 451. The number of aliphatic hydroxyl groups is 1. The molecule has 4 atom stereocenters. The van der Waals surface area contributed by atoms with E-state index < -0.39 is 0 Å². The van der Waals surface area contributed by atoms with Crippen LogP contribution >= 0.6 is 11.3 Å². The van der Waals surface area contributed by atoms with Gasteiger partial charge in [-0.3, -0.25) is 0 Å². The third kappa shape index (κ3) is 2.71. The summed E-state index contributed by atoms with van der Waals surface area (Å²) in [5, 5.41) is 13.6. The van der Waals surface area contributed by atoms with Crippen molar-refractivity contribution in [2.75, 3.05) is 0 Å². The molecule has 2 aliphatic heterocycles. The van der Waals surface area contributed by atoms with Gasteiger partial charge in [0.2, 0.25) is 0 Å². The second-order valence-corrected chi connectivity index (χ2v) is 7.86. The molecule has 0 aliphatic carbocycles. The lowest BCUT2D eigenvalue weighted by molar-refractivity contribution is 0.0431. The fraction of sp³-hybridized carbons (Fsp3) is 0.800. The van der Waals surface area contributed by atoms with Crippen LogP contribution in [0.5, 0.6) is 0 Å². The number of hydrogen-bond acceptors (Lipinski definition) is 4. The van der Waals surface area contributed by atoms with Crippen molar-refractivity contribution < 1.29 is 9.84 Å². The summed E-state index contributed by atoms with van der Waals surface area (Å²) < 4.78 is 5.83. The molecule has 1 N–H and O–H groups in total. The van der Waals surface area contributed by atoms with Crippen LogP contribution in [-0.4, -0.2) is 28.4 Å². The van der Waals surface area contributed by atoms with E-state index in [4.69, 9.17) is 4.74 Å². The van der Waals surface area contributed by atoms with E-state index in [1.54, 1.807) is 11.3 Å². The van der Waals surface area contributed by atoms with Gasteiger partial charge in [-0.1, -0.05) is 20.8 Å². The second kappa shape index (κ2) is 4.83. The first kappa shape index (κ1) is 13.5. The lowest BCUT2D eigenvalue weighted by Gasteiger charge is -2.23. The molecular formula is C15H23NO2S. The summed E-state index contributed by atoms with van der Waals surface area (Å²) >= 11 is 1.67. The maximum Gasteiger partial charge on any atom is 0.0954 e. The van der Waals surface area contributed by atoms with E-state index in [0.717, 1.165) is 23.5 Å². The number of rotatable bonds is 3. The van der Waals surface area contributed by atoms with Gasteiger partial charge in [-0.15, -0.1) is 11.3 Å². The van der Waals surface area contributed by atoms with Crippen molar-refractivity contribution in [3.63, 3.8) is 0 Å². The molecule has 1 aromatic rings. The normalized spacial score (nSPS) is 31.9. The molecule has 19 heavy (non-hydrogen) atoms. The third-order valence-corrected chi connectivity index (χ3v) is 5.22. The van der Waals surface area contributed by atoms with Gasteiger partial charge in [0, 0.05) is 23.1 Å². The molecular weight excluding hydrogens is 258 g/mol. The van der Waals surface area contributed by atoms with Crippen molar-refractivity contribution in [3.8, 4) is 0 Å². The van der Waals surface area contributed by atoms with Crippen molar-refractivity contribution in [2.24, 2.45) is 5.92 Å². The Kier molecular flexibility index (Phi) is 3.44. The predicted molar refractivity (Wildman–Crippen MR) is 76.5 cm³/mol. The molecule has 2 fully saturated rings. The molecule has 2 saturated heterocycles. The molecule has 106 valence electrons. The lowest BCUT2D eigenvalue weighted by Crippen LogP contribution is -2.31. The maximum atomic E-state index is 10.4. The Balaban J connectivity index is 1.63. The predicted octanol–water partition coefficient (Wildman–Crippen LogP) is 2.91. The monoisotopic (exact) mass is 281 g/mol. The van der Waals surface area contributed by atoms with Crippen LogP contribution in [0.4, 0.5) is 0 Å². The third-order valence-electron chi connectivity index (χ3n) is 4.35. The van der Waals surface area contributed by atoms with Crippen LogP contribution in [0.15, 0.2) is 5.38 Å². The van der Waals surface area contributed by atoms with Gasteiger partial charge >= 0.3 is 0 Å². The van der Waals surface area contributed by atoms with Crippen LogP contribution in [0.25, 0.3) is 0 Å². The number of fused-ring (bicyclic) bond motifs is 2. The van der Waals surface area contributed by atoms with Gasteiger partial charge in [-0.05, 0) is 19.3 Å². The van der Waals surface area contributed by atoms with Crippen LogP contribution in [-0.2, 0) is 16.6 Å². The summed E-state index contributed by atoms with van der Waals surface area (Å²) in [5.41, 5.74) is 1.22. The second-order valence-electron chi connectivity index (χ2n) is 6.92. The minimum atomic E-state index is -0.297. The Labute approximate surface area is 119 Å². The van der Waals surface area contributed by atoms with E-state index >= 15 is 0 Å².